The number of hydrogen-bond donors (Lipinski definition) is 1. The lowest BCUT2D eigenvalue weighted by Crippen LogP contribution is -1.90. The van der Waals surface area contributed by atoms with E-state index in [9.17, 15) is 0 Å². The molecule has 0 unspecified atom stereocenters. The van der Waals surface area contributed by atoms with Crippen LogP contribution in [0.3, 0.4) is 0 Å². The third kappa shape index (κ3) is 5.60. The summed E-state index contributed by atoms with van der Waals surface area (Å²) >= 11 is 0. The second-order valence-corrected chi connectivity index (χ2v) is 4.92. The Hall–Kier alpha value is -1.80. The van der Waals surface area contributed by atoms with Crippen molar-refractivity contribution in [3.8, 4) is 5.75 Å². The second-order valence-electron chi connectivity index (χ2n) is 4.92. The van der Waals surface area contributed by atoms with Gasteiger partial charge in [0.25, 0.3) is 0 Å². The van der Waals surface area contributed by atoms with Crippen molar-refractivity contribution in [2.24, 2.45) is 0 Å². The van der Waals surface area contributed by atoms with Crippen molar-refractivity contribution in [3.63, 3.8) is 0 Å². The van der Waals surface area contributed by atoms with Crippen LogP contribution in [0.2, 0.25) is 0 Å². The molecular weight excluding hydrogens is 260 g/mol. The number of hydrogen-bond acceptors (Lipinski definition) is 2. The van der Waals surface area contributed by atoms with E-state index in [2.05, 4.69) is 49.9 Å². The third-order valence-electron chi connectivity index (χ3n) is 3.47. The topological polar surface area (TPSA) is 29.5 Å². The van der Waals surface area contributed by atoms with E-state index in [0.29, 0.717) is 5.75 Å². The monoisotopic (exact) mass is 286 g/mol. The highest BCUT2D eigenvalue weighted by Gasteiger charge is 1.99. The Labute approximate surface area is 128 Å². The summed E-state index contributed by atoms with van der Waals surface area (Å²) in [6.07, 6.45) is 4.31. The average molecular weight is 286 g/mol. The van der Waals surface area contributed by atoms with Crippen LogP contribution >= 0.6 is 0 Å². The second kappa shape index (κ2) is 10.0. The van der Waals surface area contributed by atoms with E-state index in [1.165, 1.54) is 11.1 Å². The highest BCUT2D eigenvalue weighted by molar-refractivity contribution is 5.32. The van der Waals surface area contributed by atoms with Crippen LogP contribution in [-0.4, -0.2) is 5.26 Å². The Morgan fingerprint density at radius 1 is 0.762 bits per heavy atom. The first-order valence-corrected chi connectivity index (χ1v) is 7.72. The van der Waals surface area contributed by atoms with Gasteiger partial charge in [0.05, 0.1) is 0 Å². The molecular formula is C19H26O2. The zero-order valence-corrected chi connectivity index (χ0v) is 13.3. The molecule has 0 saturated carbocycles. The molecule has 2 nitrogen and oxygen atoms in total. The SMILES string of the molecule is CCCc1ccccc1OO.CCc1ccccc1CC. The lowest BCUT2D eigenvalue weighted by molar-refractivity contribution is -0.138. The molecule has 0 radical (unpaired) electrons. The van der Waals surface area contributed by atoms with Crippen molar-refractivity contribution in [2.75, 3.05) is 0 Å². The van der Waals surface area contributed by atoms with Crippen molar-refractivity contribution in [1.29, 1.82) is 0 Å². The first kappa shape index (κ1) is 17.3. The maximum atomic E-state index is 8.45. The summed E-state index contributed by atoms with van der Waals surface area (Å²) in [5.74, 6) is 0.564. The van der Waals surface area contributed by atoms with Crippen LogP contribution in [0.5, 0.6) is 5.75 Å². The lowest BCUT2D eigenvalue weighted by atomic mass is 10.0. The molecule has 2 rings (SSSR count). The predicted molar refractivity (Wildman–Crippen MR) is 88.9 cm³/mol. The van der Waals surface area contributed by atoms with Gasteiger partial charge in [-0.25, -0.2) is 5.26 Å². The normalized spacial score (nSPS) is 9.71. The van der Waals surface area contributed by atoms with E-state index in [-0.39, 0.29) is 0 Å². The van der Waals surface area contributed by atoms with Gasteiger partial charge in [-0.1, -0.05) is 69.7 Å². The highest BCUT2D eigenvalue weighted by atomic mass is 17.1. The maximum Gasteiger partial charge on any atom is 0.168 e. The Kier molecular flexibility index (Phi) is 8.22. The Bertz CT molecular complexity index is 497. The molecule has 2 aromatic rings. The largest absolute Gasteiger partial charge is 0.340 e. The first-order valence-electron chi connectivity index (χ1n) is 7.72. The van der Waals surface area contributed by atoms with Gasteiger partial charge in [-0.2, -0.15) is 0 Å². The zero-order valence-electron chi connectivity index (χ0n) is 13.3. The molecule has 2 aromatic carbocycles. The summed E-state index contributed by atoms with van der Waals surface area (Å²) < 4.78 is 0. The van der Waals surface area contributed by atoms with Crippen LogP contribution < -0.4 is 4.89 Å². The molecule has 0 aliphatic carbocycles. The van der Waals surface area contributed by atoms with Gasteiger partial charge in [-0.15, -0.1) is 0 Å². The van der Waals surface area contributed by atoms with Crippen molar-refractivity contribution in [3.05, 3.63) is 65.2 Å². The molecule has 0 aliphatic heterocycles. The van der Waals surface area contributed by atoms with Gasteiger partial charge >= 0.3 is 0 Å². The van der Waals surface area contributed by atoms with Crippen LogP contribution in [0.1, 0.15) is 43.9 Å². The quantitative estimate of drug-likeness (QED) is 0.597. The Balaban J connectivity index is 0.000000211. The minimum atomic E-state index is 0.564. The summed E-state index contributed by atoms with van der Waals surface area (Å²) in [4.78, 5) is 4.20. The standard InChI is InChI=1S/C10H14.C9H12O2/c1-3-9-7-5-6-8-10(9)4-2;1-2-5-8-6-3-4-7-9(8)11-10/h5-8H,3-4H2,1-2H3;3-4,6-7,10H,2,5H2,1H3. The van der Waals surface area contributed by atoms with Gasteiger partial charge < -0.3 is 4.89 Å². The van der Waals surface area contributed by atoms with Gasteiger partial charge in [0, 0.05) is 0 Å². The number of aryl methyl sites for hydroxylation is 3. The summed E-state index contributed by atoms with van der Waals surface area (Å²) in [6.45, 7) is 6.50. The minimum absolute atomic E-state index is 0.564. The van der Waals surface area contributed by atoms with Gasteiger partial charge in [0.15, 0.2) is 5.75 Å². The fourth-order valence-corrected chi connectivity index (χ4v) is 2.32. The Morgan fingerprint density at radius 3 is 1.67 bits per heavy atom. The van der Waals surface area contributed by atoms with E-state index in [4.69, 9.17) is 5.26 Å². The number of rotatable bonds is 5. The third-order valence-corrected chi connectivity index (χ3v) is 3.47. The van der Waals surface area contributed by atoms with Gasteiger partial charge in [-0.3, -0.25) is 0 Å². The smallest absolute Gasteiger partial charge is 0.168 e. The molecule has 0 aliphatic rings. The van der Waals surface area contributed by atoms with Gasteiger partial charge in [0.1, 0.15) is 0 Å². The van der Waals surface area contributed by atoms with Gasteiger partial charge in [0.2, 0.25) is 0 Å². The molecule has 0 fully saturated rings. The lowest BCUT2D eigenvalue weighted by Gasteiger charge is -2.02. The fraction of sp³-hybridized carbons (Fsp3) is 0.368. The van der Waals surface area contributed by atoms with E-state index in [1.807, 2.05) is 18.2 Å². The molecule has 0 spiro atoms. The van der Waals surface area contributed by atoms with Crippen molar-refractivity contribution >= 4 is 0 Å². The molecule has 0 amide bonds. The van der Waals surface area contributed by atoms with E-state index < -0.39 is 0 Å². The van der Waals surface area contributed by atoms with E-state index in [1.54, 1.807) is 6.07 Å². The molecule has 0 heterocycles. The predicted octanol–water partition coefficient (Wildman–Crippen LogP) is 5.30. The molecule has 0 saturated heterocycles. The molecule has 21 heavy (non-hydrogen) atoms. The Morgan fingerprint density at radius 2 is 1.24 bits per heavy atom. The zero-order chi connectivity index (χ0) is 15.5. The maximum absolute atomic E-state index is 8.45. The summed E-state index contributed by atoms with van der Waals surface area (Å²) in [5.41, 5.74) is 4.03. The number of para-hydroxylation sites is 1. The number of benzene rings is 2. The molecule has 0 bridgehead atoms. The van der Waals surface area contributed by atoms with E-state index >= 15 is 0 Å². The van der Waals surface area contributed by atoms with Crippen molar-refractivity contribution in [2.45, 2.75) is 46.5 Å². The summed E-state index contributed by atoms with van der Waals surface area (Å²) in [7, 11) is 0. The summed E-state index contributed by atoms with van der Waals surface area (Å²) in [5, 5.41) is 8.45. The van der Waals surface area contributed by atoms with Crippen LogP contribution in [0.25, 0.3) is 0 Å². The van der Waals surface area contributed by atoms with Gasteiger partial charge in [-0.05, 0) is 42.0 Å². The average Bonchev–Trinajstić information content (AvgIpc) is 2.56. The fourth-order valence-electron chi connectivity index (χ4n) is 2.32. The molecule has 1 N–H and O–H groups in total. The van der Waals surface area contributed by atoms with Crippen molar-refractivity contribution < 1.29 is 10.1 Å². The van der Waals surface area contributed by atoms with E-state index in [0.717, 1.165) is 31.2 Å². The molecule has 0 atom stereocenters. The first-order chi connectivity index (χ1) is 10.3. The molecule has 114 valence electrons. The van der Waals surface area contributed by atoms with Crippen LogP contribution in [0.15, 0.2) is 48.5 Å². The highest BCUT2D eigenvalue weighted by Crippen LogP contribution is 2.18. The van der Waals surface area contributed by atoms with Crippen LogP contribution in [0.4, 0.5) is 0 Å². The molecule has 0 aromatic heterocycles. The summed E-state index contributed by atoms with van der Waals surface area (Å²) in [6, 6.07) is 16.1. The molecule has 2 heteroatoms. The minimum Gasteiger partial charge on any atom is -0.340 e. The van der Waals surface area contributed by atoms with Crippen molar-refractivity contribution in [1.82, 2.24) is 0 Å². The van der Waals surface area contributed by atoms with Crippen LogP contribution in [-0.2, 0) is 19.3 Å². The van der Waals surface area contributed by atoms with Crippen LogP contribution in [0, 0.1) is 0 Å².